The molecule has 6 nitrogen and oxygen atoms in total. The molecular weight excluding hydrogens is 300 g/mol. The van der Waals surface area contributed by atoms with Crippen LogP contribution in [0.2, 0.25) is 0 Å². The molecule has 0 saturated carbocycles. The first kappa shape index (κ1) is 16.1. The zero-order chi connectivity index (χ0) is 17.4. The summed E-state index contributed by atoms with van der Waals surface area (Å²) in [6.07, 6.45) is 3.88. The monoisotopic (exact) mass is 322 g/mol. The van der Waals surface area contributed by atoms with Crippen molar-refractivity contribution in [3.8, 4) is 0 Å². The minimum absolute atomic E-state index is 1.00. The van der Waals surface area contributed by atoms with Gasteiger partial charge < -0.3 is 0 Å². The predicted octanol–water partition coefficient (Wildman–Crippen LogP) is 3.31. The van der Waals surface area contributed by atoms with E-state index in [4.69, 9.17) is 0 Å². The third-order valence-electron chi connectivity index (χ3n) is 3.76. The Hall–Kier alpha value is -2.76. The Kier molecular flexibility index (Phi) is 4.05. The largest absolute Gasteiger partial charge is 0.255 e. The van der Waals surface area contributed by atoms with E-state index < -0.39 is 0 Å². The third kappa shape index (κ3) is 3.13. The molecule has 0 radical (unpaired) electrons. The van der Waals surface area contributed by atoms with Crippen molar-refractivity contribution in [3.63, 3.8) is 0 Å². The molecule has 24 heavy (non-hydrogen) atoms. The average molecular weight is 322 g/mol. The summed E-state index contributed by atoms with van der Waals surface area (Å²) < 4.78 is 3.76. The lowest BCUT2D eigenvalue weighted by Crippen LogP contribution is -1.94. The maximum absolute atomic E-state index is 4.35. The van der Waals surface area contributed by atoms with E-state index in [0.29, 0.717) is 0 Å². The van der Waals surface area contributed by atoms with Gasteiger partial charge in [0.2, 0.25) is 0 Å². The van der Waals surface area contributed by atoms with Crippen LogP contribution in [-0.4, -0.2) is 29.2 Å². The zero-order valence-electron chi connectivity index (χ0n) is 15.0. The Labute approximate surface area is 141 Å². The number of hydrogen-bond acceptors (Lipinski definition) is 4. The highest BCUT2D eigenvalue weighted by Crippen LogP contribution is 2.10. The van der Waals surface area contributed by atoms with E-state index >= 15 is 0 Å². The van der Waals surface area contributed by atoms with Gasteiger partial charge >= 0.3 is 0 Å². The quantitative estimate of drug-likeness (QED) is 0.498. The van der Waals surface area contributed by atoms with Crippen LogP contribution in [-0.2, 0) is 0 Å². The van der Waals surface area contributed by atoms with Crippen LogP contribution in [0.15, 0.2) is 24.5 Å². The molecule has 4 rings (SSSR count). The number of fused-ring (bicyclic) bond motifs is 2. The fraction of sp³-hybridized carbons (Fsp3) is 0.333. The summed E-state index contributed by atoms with van der Waals surface area (Å²) in [5.41, 5.74) is 8.34. The molecule has 4 heterocycles. The first-order valence-electron chi connectivity index (χ1n) is 7.94. The van der Waals surface area contributed by atoms with Gasteiger partial charge in [0, 0.05) is 0 Å². The van der Waals surface area contributed by atoms with Crippen molar-refractivity contribution in [3.05, 3.63) is 58.7 Å². The Morgan fingerprint density at radius 3 is 1.33 bits per heavy atom. The summed E-state index contributed by atoms with van der Waals surface area (Å²) in [6, 6.07) is 4.09. The van der Waals surface area contributed by atoms with Crippen molar-refractivity contribution < 1.29 is 0 Å². The molecule has 0 fully saturated rings. The lowest BCUT2D eigenvalue weighted by atomic mass is 10.3. The van der Waals surface area contributed by atoms with E-state index in [1.165, 1.54) is 0 Å². The van der Waals surface area contributed by atoms with E-state index in [9.17, 15) is 0 Å². The van der Waals surface area contributed by atoms with Crippen LogP contribution in [0, 0.1) is 41.5 Å². The van der Waals surface area contributed by atoms with Crippen molar-refractivity contribution in [2.75, 3.05) is 0 Å². The maximum atomic E-state index is 4.35. The summed E-state index contributed by atoms with van der Waals surface area (Å²) in [7, 11) is 0. The molecule has 0 N–H and O–H groups in total. The highest BCUT2D eigenvalue weighted by molar-refractivity contribution is 5.52. The molecule has 0 aromatic carbocycles. The van der Waals surface area contributed by atoms with Crippen molar-refractivity contribution in [1.29, 1.82) is 0 Å². The van der Waals surface area contributed by atoms with Crippen LogP contribution in [0.4, 0.5) is 0 Å². The molecule has 0 unspecified atom stereocenters. The van der Waals surface area contributed by atoms with Crippen molar-refractivity contribution in [2.24, 2.45) is 0 Å². The number of rotatable bonds is 0. The standard InChI is InChI=1S/2C9H11N3/c2*1-6-4-9-8(3)10-7(2)5-12(9)11-6/h2*4-5H,1-3H3. The number of aromatic nitrogens is 6. The number of aryl methyl sites for hydroxylation is 6. The molecule has 0 bridgehead atoms. The second-order valence-corrected chi connectivity index (χ2v) is 6.17. The second kappa shape index (κ2) is 6.03. The minimum atomic E-state index is 1.00. The SMILES string of the molecule is Cc1cn2nc(C)cc2c(C)n1.Cc1cn2nc(C)cc2c(C)n1. The maximum Gasteiger partial charge on any atom is 0.0877 e. The normalized spacial score (nSPS) is 10.9. The van der Waals surface area contributed by atoms with E-state index in [-0.39, 0.29) is 0 Å². The molecule has 0 saturated heterocycles. The Morgan fingerprint density at radius 1 is 0.583 bits per heavy atom. The lowest BCUT2D eigenvalue weighted by molar-refractivity contribution is 0.897. The third-order valence-corrected chi connectivity index (χ3v) is 3.76. The Morgan fingerprint density at radius 2 is 0.958 bits per heavy atom. The molecular formula is C18H22N6. The van der Waals surface area contributed by atoms with E-state index in [1.54, 1.807) is 0 Å². The molecule has 0 amide bonds. The minimum Gasteiger partial charge on any atom is -0.255 e. The zero-order valence-corrected chi connectivity index (χ0v) is 15.0. The highest BCUT2D eigenvalue weighted by Gasteiger charge is 2.02. The summed E-state index contributed by atoms with van der Waals surface area (Å²) in [5.74, 6) is 0. The van der Waals surface area contributed by atoms with Gasteiger partial charge in [0.15, 0.2) is 0 Å². The molecule has 4 aromatic heterocycles. The number of nitrogens with zero attached hydrogens (tertiary/aromatic N) is 6. The Balaban J connectivity index is 0.000000141. The average Bonchev–Trinajstić information content (AvgIpc) is 3.01. The van der Waals surface area contributed by atoms with Crippen LogP contribution in [0.25, 0.3) is 11.0 Å². The van der Waals surface area contributed by atoms with Gasteiger partial charge in [0.25, 0.3) is 0 Å². The van der Waals surface area contributed by atoms with Gasteiger partial charge in [-0.25, -0.2) is 9.03 Å². The summed E-state index contributed by atoms with van der Waals surface area (Å²) in [4.78, 5) is 8.71. The van der Waals surface area contributed by atoms with Crippen LogP contribution < -0.4 is 0 Å². The topological polar surface area (TPSA) is 60.4 Å². The van der Waals surface area contributed by atoms with E-state index in [1.807, 2.05) is 75.1 Å². The fourth-order valence-electron chi connectivity index (χ4n) is 2.83. The van der Waals surface area contributed by atoms with E-state index in [0.717, 1.165) is 45.2 Å². The van der Waals surface area contributed by atoms with Crippen molar-refractivity contribution in [2.45, 2.75) is 41.5 Å². The summed E-state index contributed by atoms with van der Waals surface area (Å²) in [5, 5.41) is 8.62. The highest BCUT2D eigenvalue weighted by atomic mass is 15.2. The number of hydrogen-bond donors (Lipinski definition) is 0. The van der Waals surface area contributed by atoms with Gasteiger partial charge in [-0.05, 0) is 53.7 Å². The van der Waals surface area contributed by atoms with Gasteiger partial charge in [-0.1, -0.05) is 0 Å². The lowest BCUT2D eigenvalue weighted by Gasteiger charge is -1.98. The molecule has 0 aliphatic heterocycles. The smallest absolute Gasteiger partial charge is 0.0877 e. The molecule has 0 aliphatic rings. The molecule has 6 heteroatoms. The van der Waals surface area contributed by atoms with Crippen LogP contribution in [0.3, 0.4) is 0 Å². The summed E-state index contributed by atoms with van der Waals surface area (Å²) in [6.45, 7) is 11.9. The van der Waals surface area contributed by atoms with Gasteiger partial charge in [0.05, 0.1) is 57.6 Å². The van der Waals surface area contributed by atoms with Crippen molar-refractivity contribution >= 4 is 11.0 Å². The molecule has 124 valence electrons. The second-order valence-electron chi connectivity index (χ2n) is 6.17. The van der Waals surface area contributed by atoms with Crippen LogP contribution in [0.5, 0.6) is 0 Å². The van der Waals surface area contributed by atoms with Gasteiger partial charge in [-0.3, -0.25) is 9.97 Å². The molecule has 0 spiro atoms. The first-order chi connectivity index (χ1) is 11.3. The molecule has 0 atom stereocenters. The van der Waals surface area contributed by atoms with Crippen LogP contribution in [0.1, 0.15) is 34.2 Å². The molecule has 0 aliphatic carbocycles. The molecule has 4 aromatic rings. The predicted molar refractivity (Wildman–Crippen MR) is 94.4 cm³/mol. The van der Waals surface area contributed by atoms with Gasteiger partial charge in [-0.2, -0.15) is 10.2 Å². The van der Waals surface area contributed by atoms with Gasteiger partial charge in [0.1, 0.15) is 0 Å². The first-order valence-corrected chi connectivity index (χ1v) is 7.94. The van der Waals surface area contributed by atoms with E-state index in [2.05, 4.69) is 20.2 Å². The van der Waals surface area contributed by atoms with Crippen molar-refractivity contribution in [1.82, 2.24) is 29.2 Å². The Bertz CT molecular complexity index is 941. The fourth-order valence-corrected chi connectivity index (χ4v) is 2.83. The van der Waals surface area contributed by atoms with Crippen LogP contribution >= 0.6 is 0 Å². The van der Waals surface area contributed by atoms with Gasteiger partial charge in [-0.15, -0.1) is 0 Å². The summed E-state index contributed by atoms with van der Waals surface area (Å²) >= 11 is 0.